The number of carbonyl (C=O) groups is 1. The fourth-order valence-electron chi connectivity index (χ4n) is 1.53. The minimum absolute atomic E-state index is 0.0809. The van der Waals surface area contributed by atoms with E-state index in [2.05, 4.69) is 25.9 Å². The summed E-state index contributed by atoms with van der Waals surface area (Å²) in [6.45, 7) is 0.375. The number of carbonyl (C=O) groups excluding carboxylic acids is 1. The van der Waals surface area contributed by atoms with E-state index in [0.717, 1.165) is 0 Å². The van der Waals surface area contributed by atoms with Gasteiger partial charge in [-0.2, -0.15) is 5.21 Å². The third-order valence-corrected chi connectivity index (χ3v) is 2.53. The number of H-pyrrole nitrogens is 1. The van der Waals surface area contributed by atoms with E-state index in [0.29, 0.717) is 29.3 Å². The van der Waals surface area contributed by atoms with Crippen molar-refractivity contribution in [2.45, 2.75) is 6.54 Å². The molecule has 0 unspecified atom stereocenters. The second-order valence-electron chi connectivity index (χ2n) is 4.18. The number of nitrogens with two attached hydrogens (primary N) is 1. The molecule has 0 saturated heterocycles. The Morgan fingerprint density at radius 3 is 2.89 bits per heavy atom. The SMILES string of the molecule is CN(C)C(=O)c1ccc(N)c(NCc2nn[nH]n2)c1. The maximum absolute atomic E-state index is 11.9. The quantitative estimate of drug-likeness (QED) is 0.672. The van der Waals surface area contributed by atoms with E-state index < -0.39 is 0 Å². The number of amides is 1. The van der Waals surface area contributed by atoms with Crippen LogP contribution in [0.4, 0.5) is 11.4 Å². The van der Waals surface area contributed by atoms with Gasteiger partial charge in [0.05, 0.1) is 17.9 Å². The number of rotatable bonds is 4. The van der Waals surface area contributed by atoms with Crippen molar-refractivity contribution in [3.8, 4) is 0 Å². The first-order chi connectivity index (χ1) is 9.08. The van der Waals surface area contributed by atoms with Crippen molar-refractivity contribution in [3.05, 3.63) is 29.6 Å². The van der Waals surface area contributed by atoms with Gasteiger partial charge in [0, 0.05) is 19.7 Å². The molecule has 1 amide bonds. The third-order valence-electron chi connectivity index (χ3n) is 2.53. The number of hydrogen-bond acceptors (Lipinski definition) is 6. The highest BCUT2D eigenvalue weighted by molar-refractivity contribution is 5.95. The van der Waals surface area contributed by atoms with Gasteiger partial charge in [-0.15, -0.1) is 10.2 Å². The Morgan fingerprint density at radius 2 is 2.26 bits per heavy atom. The Labute approximate surface area is 110 Å². The standard InChI is InChI=1S/C11H15N7O/c1-18(2)11(19)7-3-4-8(12)9(5-7)13-6-10-14-16-17-15-10/h3-5,13H,6,12H2,1-2H3,(H,14,15,16,17). The predicted octanol–water partition coefficient (Wildman–Crippen LogP) is 0.0958. The second-order valence-corrected chi connectivity index (χ2v) is 4.18. The molecule has 2 rings (SSSR count). The lowest BCUT2D eigenvalue weighted by atomic mass is 10.1. The van der Waals surface area contributed by atoms with E-state index in [9.17, 15) is 4.79 Å². The Kier molecular flexibility index (Phi) is 3.60. The molecule has 8 heteroatoms. The number of aromatic amines is 1. The zero-order valence-electron chi connectivity index (χ0n) is 10.7. The fourth-order valence-corrected chi connectivity index (χ4v) is 1.53. The van der Waals surface area contributed by atoms with Crippen LogP contribution in [0.15, 0.2) is 18.2 Å². The van der Waals surface area contributed by atoms with Gasteiger partial charge in [0.25, 0.3) is 5.91 Å². The molecule has 1 aromatic heterocycles. The van der Waals surface area contributed by atoms with Crippen molar-refractivity contribution < 1.29 is 4.79 Å². The lowest BCUT2D eigenvalue weighted by Gasteiger charge is -2.13. The first kappa shape index (κ1) is 12.8. The van der Waals surface area contributed by atoms with Gasteiger partial charge in [-0.05, 0) is 18.2 Å². The van der Waals surface area contributed by atoms with E-state index >= 15 is 0 Å². The molecule has 4 N–H and O–H groups in total. The molecule has 1 heterocycles. The zero-order chi connectivity index (χ0) is 13.8. The number of nitrogen functional groups attached to an aromatic ring is 1. The van der Waals surface area contributed by atoms with Gasteiger partial charge in [-0.25, -0.2) is 0 Å². The normalized spacial score (nSPS) is 10.2. The summed E-state index contributed by atoms with van der Waals surface area (Å²) in [4.78, 5) is 13.4. The van der Waals surface area contributed by atoms with Gasteiger partial charge in [0.2, 0.25) is 0 Å². The summed E-state index contributed by atoms with van der Waals surface area (Å²) in [6, 6.07) is 5.09. The number of tetrazole rings is 1. The van der Waals surface area contributed by atoms with Crippen LogP contribution in [-0.2, 0) is 6.54 Å². The summed E-state index contributed by atoms with van der Waals surface area (Å²) in [5.74, 6) is 0.436. The minimum atomic E-state index is -0.0809. The second kappa shape index (κ2) is 5.34. The molecule has 0 saturated carbocycles. The summed E-state index contributed by atoms with van der Waals surface area (Å²) in [7, 11) is 3.40. The monoisotopic (exact) mass is 261 g/mol. The molecule has 0 aliphatic rings. The first-order valence-corrected chi connectivity index (χ1v) is 5.65. The number of nitrogens with zero attached hydrogens (tertiary/aromatic N) is 4. The lowest BCUT2D eigenvalue weighted by molar-refractivity contribution is 0.0827. The summed E-state index contributed by atoms with van der Waals surface area (Å²) in [5, 5.41) is 16.5. The summed E-state index contributed by atoms with van der Waals surface area (Å²) in [6.07, 6.45) is 0. The Balaban J connectivity index is 2.15. The Bertz CT molecular complexity index is 564. The van der Waals surface area contributed by atoms with Crippen molar-refractivity contribution >= 4 is 17.3 Å². The summed E-state index contributed by atoms with van der Waals surface area (Å²) < 4.78 is 0. The molecule has 0 radical (unpaired) electrons. The molecule has 100 valence electrons. The molecule has 0 fully saturated rings. The van der Waals surface area contributed by atoms with Crippen LogP contribution in [0.1, 0.15) is 16.2 Å². The van der Waals surface area contributed by atoms with Gasteiger partial charge >= 0.3 is 0 Å². The molecule has 0 aliphatic heterocycles. The Hall–Kier alpha value is -2.64. The molecule has 0 spiro atoms. The number of aromatic nitrogens is 4. The van der Waals surface area contributed by atoms with E-state index in [1.54, 1.807) is 32.3 Å². The zero-order valence-corrected chi connectivity index (χ0v) is 10.7. The van der Waals surface area contributed by atoms with Crippen molar-refractivity contribution in [1.29, 1.82) is 0 Å². The number of benzene rings is 1. The summed E-state index contributed by atoms with van der Waals surface area (Å²) >= 11 is 0. The predicted molar refractivity (Wildman–Crippen MR) is 70.4 cm³/mol. The largest absolute Gasteiger partial charge is 0.397 e. The van der Waals surface area contributed by atoms with Gasteiger partial charge in [0.1, 0.15) is 0 Å². The average molecular weight is 261 g/mol. The van der Waals surface area contributed by atoms with Crippen LogP contribution >= 0.6 is 0 Å². The van der Waals surface area contributed by atoms with Crippen LogP contribution in [0, 0.1) is 0 Å². The third kappa shape index (κ3) is 2.97. The van der Waals surface area contributed by atoms with Gasteiger partial charge in [0.15, 0.2) is 5.82 Å². The van der Waals surface area contributed by atoms with Gasteiger partial charge in [-0.1, -0.05) is 5.21 Å². The average Bonchev–Trinajstić information content (AvgIpc) is 2.90. The number of nitrogens with one attached hydrogen (secondary N) is 2. The molecule has 8 nitrogen and oxygen atoms in total. The maximum Gasteiger partial charge on any atom is 0.253 e. The van der Waals surface area contributed by atoms with Crippen LogP contribution in [0.5, 0.6) is 0 Å². The fraction of sp³-hybridized carbons (Fsp3) is 0.273. The smallest absolute Gasteiger partial charge is 0.253 e. The van der Waals surface area contributed by atoms with E-state index in [1.165, 1.54) is 4.90 Å². The highest BCUT2D eigenvalue weighted by Crippen LogP contribution is 2.21. The topological polar surface area (TPSA) is 113 Å². The van der Waals surface area contributed by atoms with Crippen LogP contribution in [0.2, 0.25) is 0 Å². The molecule has 0 atom stereocenters. The number of hydrogen-bond donors (Lipinski definition) is 3. The highest BCUT2D eigenvalue weighted by Gasteiger charge is 2.10. The lowest BCUT2D eigenvalue weighted by Crippen LogP contribution is -2.21. The summed E-state index contributed by atoms with van der Waals surface area (Å²) in [5.41, 5.74) is 7.64. The molecule has 1 aromatic carbocycles. The van der Waals surface area contributed by atoms with E-state index in [1.807, 2.05) is 0 Å². The van der Waals surface area contributed by atoms with Crippen molar-refractivity contribution in [1.82, 2.24) is 25.5 Å². The molecule has 0 bridgehead atoms. The van der Waals surface area contributed by atoms with Gasteiger partial charge < -0.3 is 16.0 Å². The van der Waals surface area contributed by atoms with Crippen LogP contribution in [-0.4, -0.2) is 45.5 Å². The molecular weight excluding hydrogens is 246 g/mol. The highest BCUT2D eigenvalue weighted by atomic mass is 16.2. The van der Waals surface area contributed by atoms with Crippen LogP contribution < -0.4 is 11.1 Å². The molecular formula is C11H15N7O. The van der Waals surface area contributed by atoms with Crippen molar-refractivity contribution in [2.75, 3.05) is 25.1 Å². The molecule has 0 aliphatic carbocycles. The van der Waals surface area contributed by atoms with E-state index in [-0.39, 0.29) is 5.91 Å². The maximum atomic E-state index is 11.9. The van der Waals surface area contributed by atoms with E-state index in [4.69, 9.17) is 5.73 Å². The van der Waals surface area contributed by atoms with Crippen LogP contribution in [0.25, 0.3) is 0 Å². The minimum Gasteiger partial charge on any atom is -0.397 e. The van der Waals surface area contributed by atoms with Crippen LogP contribution in [0.3, 0.4) is 0 Å². The number of anilines is 2. The molecule has 19 heavy (non-hydrogen) atoms. The first-order valence-electron chi connectivity index (χ1n) is 5.65. The Morgan fingerprint density at radius 1 is 1.47 bits per heavy atom. The van der Waals surface area contributed by atoms with Crippen molar-refractivity contribution in [2.24, 2.45) is 0 Å². The van der Waals surface area contributed by atoms with Gasteiger partial charge in [-0.3, -0.25) is 4.79 Å². The van der Waals surface area contributed by atoms with Crippen molar-refractivity contribution in [3.63, 3.8) is 0 Å². The molecule has 2 aromatic rings.